The van der Waals surface area contributed by atoms with Crippen LogP contribution in [0.25, 0.3) is 0 Å². The Morgan fingerprint density at radius 1 is 1.03 bits per heavy atom. The SMILES string of the molecule is NS(=O)(=O)c1cc(C(=O)OCC(=O)Nc2ccc(S(=O)(=O)N3CCOCC3)cc2)c(Cl)cc1Cl. The number of carbonyl (C=O) groups excluding carboxylic acids is 2. The molecule has 184 valence electrons. The lowest BCUT2D eigenvalue weighted by Crippen LogP contribution is -2.40. The van der Waals surface area contributed by atoms with Gasteiger partial charge in [0.2, 0.25) is 20.0 Å². The number of carbonyl (C=O) groups is 2. The Labute approximate surface area is 205 Å². The molecule has 1 amide bonds. The summed E-state index contributed by atoms with van der Waals surface area (Å²) in [5.41, 5.74) is -0.0800. The second-order valence-corrected chi connectivity index (χ2v) is 11.3. The van der Waals surface area contributed by atoms with E-state index in [-0.39, 0.29) is 39.3 Å². The van der Waals surface area contributed by atoms with Crippen molar-refractivity contribution in [3.63, 3.8) is 0 Å². The van der Waals surface area contributed by atoms with Crippen LogP contribution in [0.2, 0.25) is 10.0 Å². The molecule has 0 bridgehead atoms. The zero-order valence-electron chi connectivity index (χ0n) is 17.4. The third-order valence-electron chi connectivity index (χ3n) is 4.63. The van der Waals surface area contributed by atoms with E-state index in [1.165, 1.54) is 28.6 Å². The van der Waals surface area contributed by atoms with Crippen LogP contribution < -0.4 is 10.5 Å². The Hall–Kier alpha value is -2.26. The fraction of sp³-hybridized carbons (Fsp3) is 0.263. The maximum Gasteiger partial charge on any atom is 0.340 e. The first-order valence-corrected chi connectivity index (χ1v) is 13.3. The molecule has 15 heteroatoms. The van der Waals surface area contributed by atoms with Crippen LogP contribution in [-0.2, 0) is 34.3 Å². The normalized spacial score (nSPS) is 15.0. The van der Waals surface area contributed by atoms with Gasteiger partial charge in [0.25, 0.3) is 5.91 Å². The predicted octanol–water partition coefficient (Wildman–Crippen LogP) is 1.46. The molecule has 0 spiro atoms. The minimum Gasteiger partial charge on any atom is -0.452 e. The largest absolute Gasteiger partial charge is 0.452 e. The molecular formula is C19H19Cl2N3O8S2. The Morgan fingerprint density at radius 2 is 1.65 bits per heavy atom. The molecule has 0 aliphatic carbocycles. The van der Waals surface area contributed by atoms with Crippen molar-refractivity contribution in [2.24, 2.45) is 5.14 Å². The van der Waals surface area contributed by atoms with Gasteiger partial charge in [-0.3, -0.25) is 4.79 Å². The lowest BCUT2D eigenvalue weighted by molar-refractivity contribution is -0.119. The van der Waals surface area contributed by atoms with Crippen LogP contribution in [0.3, 0.4) is 0 Å². The third kappa shape index (κ3) is 6.24. The fourth-order valence-corrected chi connectivity index (χ4v) is 5.76. The number of nitrogens with one attached hydrogen (secondary N) is 1. The molecule has 34 heavy (non-hydrogen) atoms. The molecule has 0 radical (unpaired) electrons. The summed E-state index contributed by atoms with van der Waals surface area (Å²) in [5.74, 6) is -1.80. The van der Waals surface area contributed by atoms with E-state index in [1.807, 2.05) is 0 Å². The molecule has 3 rings (SSSR count). The van der Waals surface area contributed by atoms with Crippen molar-refractivity contribution in [1.82, 2.24) is 4.31 Å². The van der Waals surface area contributed by atoms with Crippen molar-refractivity contribution in [1.29, 1.82) is 0 Å². The standard InChI is InChI=1S/C19H19Cl2N3O8S2/c20-15-10-16(21)17(33(22,27)28)9-14(15)19(26)32-11-18(25)23-12-1-3-13(4-2-12)34(29,30)24-5-7-31-8-6-24/h1-4,9-10H,5-8,11H2,(H,23,25)(H2,22,27,28). The summed E-state index contributed by atoms with van der Waals surface area (Å²) in [6.07, 6.45) is 0. The molecule has 0 unspecified atom stereocenters. The molecule has 11 nitrogen and oxygen atoms in total. The molecule has 2 aromatic carbocycles. The number of nitrogens with two attached hydrogens (primary N) is 1. The van der Waals surface area contributed by atoms with Gasteiger partial charge in [-0.25, -0.2) is 26.8 Å². The number of primary sulfonamides is 1. The molecule has 0 atom stereocenters. The highest BCUT2D eigenvalue weighted by atomic mass is 35.5. The van der Waals surface area contributed by atoms with Crippen LogP contribution in [0.15, 0.2) is 46.2 Å². The van der Waals surface area contributed by atoms with Crippen LogP contribution in [0, 0.1) is 0 Å². The first-order valence-electron chi connectivity index (χ1n) is 9.56. The number of sulfonamides is 2. The van der Waals surface area contributed by atoms with Crippen molar-refractivity contribution >= 4 is 60.8 Å². The first kappa shape index (κ1) is 26.3. The molecule has 1 aliphatic rings. The van der Waals surface area contributed by atoms with Gasteiger partial charge in [0.15, 0.2) is 6.61 Å². The van der Waals surface area contributed by atoms with E-state index in [9.17, 15) is 26.4 Å². The summed E-state index contributed by atoms with van der Waals surface area (Å²) in [6, 6.07) is 7.34. The average Bonchev–Trinajstić information content (AvgIpc) is 2.77. The molecule has 3 N–H and O–H groups in total. The second kappa shape index (κ2) is 10.6. The number of nitrogens with zero attached hydrogens (tertiary/aromatic N) is 1. The molecule has 0 aromatic heterocycles. The van der Waals surface area contributed by atoms with Gasteiger partial charge in [0, 0.05) is 18.8 Å². The maximum atomic E-state index is 12.6. The number of ether oxygens (including phenoxy) is 2. The van der Waals surface area contributed by atoms with Gasteiger partial charge in [0.1, 0.15) is 4.90 Å². The van der Waals surface area contributed by atoms with E-state index in [0.29, 0.717) is 13.2 Å². The Balaban J connectivity index is 1.62. The Kier molecular flexibility index (Phi) is 8.18. The smallest absolute Gasteiger partial charge is 0.340 e. The zero-order valence-corrected chi connectivity index (χ0v) is 20.5. The van der Waals surface area contributed by atoms with Crippen LogP contribution in [0.5, 0.6) is 0 Å². The van der Waals surface area contributed by atoms with E-state index in [0.717, 1.165) is 12.1 Å². The fourth-order valence-electron chi connectivity index (χ4n) is 2.96. The lowest BCUT2D eigenvalue weighted by Gasteiger charge is -2.26. The van der Waals surface area contributed by atoms with E-state index < -0.39 is 43.4 Å². The van der Waals surface area contributed by atoms with E-state index in [1.54, 1.807) is 0 Å². The predicted molar refractivity (Wildman–Crippen MR) is 123 cm³/mol. The molecule has 2 aromatic rings. The Morgan fingerprint density at radius 3 is 2.24 bits per heavy atom. The van der Waals surface area contributed by atoms with E-state index in [2.05, 4.69) is 5.32 Å². The Bertz CT molecular complexity index is 1310. The van der Waals surface area contributed by atoms with Crippen molar-refractivity contribution in [2.45, 2.75) is 9.79 Å². The van der Waals surface area contributed by atoms with Crippen LogP contribution in [0.1, 0.15) is 10.4 Å². The quantitative estimate of drug-likeness (QED) is 0.488. The number of hydrogen-bond donors (Lipinski definition) is 2. The van der Waals surface area contributed by atoms with Crippen molar-refractivity contribution < 1.29 is 35.9 Å². The molecule has 1 saturated heterocycles. The molecular weight excluding hydrogens is 533 g/mol. The zero-order chi connectivity index (χ0) is 25.1. The highest BCUT2D eigenvalue weighted by molar-refractivity contribution is 7.89. The number of rotatable bonds is 7. The second-order valence-electron chi connectivity index (χ2n) is 6.97. The lowest BCUT2D eigenvalue weighted by atomic mass is 10.2. The van der Waals surface area contributed by atoms with Gasteiger partial charge in [0.05, 0.1) is 33.7 Å². The van der Waals surface area contributed by atoms with Crippen LogP contribution >= 0.6 is 23.2 Å². The summed E-state index contributed by atoms with van der Waals surface area (Å²) in [4.78, 5) is 23.9. The number of hydrogen-bond acceptors (Lipinski definition) is 8. The highest BCUT2D eigenvalue weighted by Gasteiger charge is 2.26. The third-order valence-corrected chi connectivity index (χ3v) is 8.23. The van der Waals surface area contributed by atoms with Gasteiger partial charge in [-0.2, -0.15) is 4.31 Å². The average molecular weight is 552 g/mol. The minimum absolute atomic E-state index is 0.0573. The minimum atomic E-state index is -4.23. The first-order chi connectivity index (χ1) is 15.9. The van der Waals surface area contributed by atoms with E-state index >= 15 is 0 Å². The summed E-state index contributed by atoms with van der Waals surface area (Å²) < 4.78 is 59.8. The summed E-state index contributed by atoms with van der Waals surface area (Å²) in [5, 5.41) is 7.03. The molecule has 1 heterocycles. The van der Waals surface area contributed by atoms with Gasteiger partial charge >= 0.3 is 5.97 Å². The number of benzene rings is 2. The van der Waals surface area contributed by atoms with Crippen molar-refractivity contribution in [2.75, 3.05) is 38.2 Å². The monoisotopic (exact) mass is 551 g/mol. The maximum absolute atomic E-state index is 12.6. The topological polar surface area (TPSA) is 162 Å². The van der Waals surface area contributed by atoms with Crippen LogP contribution in [0.4, 0.5) is 5.69 Å². The number of anilines is 1. The summed E-state index contributed by atoms with van der Waals surface area (Å²) in [7, 11) is -7.91. The van der Waals surface area contributed by atoms with Gasteiger partial charge < -0.3 is 14.8 Å². The highest BCUT2D eigenvalue weighted by Crippen LogP contribution is 2.28. The van der Waals surface area contributed by atoms with Gasteiger partial charge in [-0.15, -0.1) is 0 Å². The summed E-state index contributed by atoms with van der Waals surface area (Å²) in [6.45, 7) is 0.411. The van der Waals surface area contributed by atoms with E-state index in [4.69, 9.17) is 37.8 Å². The summed E-state index contributed by atoms with van der Waals surface area (Å²) >= 11 is 11.7. The van der Waals surface area contributed by atoms with Gasteiger partial charge in [-0.05, 0) is 36.4 Å². The number of halogens is 2. The molecule has 1 fully saturated rings. The number of amides is 1. The number of esters is 1. The van der Waals surface area contributed by atoms with Crippen LogP contribution in [-0.4, -0.2) is 65.9 Å². The van der Waals surface area contributed by atoms with Gasteiger partial charge in [-0.1, -0.05) is 23.2 Å². The molecule has 0 saturated carbocycles. The van der Waals surface area contributed by atoms with Crippen molar-refractivity contribution in [3.05, 3.63) is 52.0 Å². The van der Waals surface area contributed by atoms with Crippen molar-refractivity contribution in [3.8, 4) is 0 Å². The molecule has 1 aliphatic heterocycles. The number of morpholine rings is 1.